The van der Waals surface area contributed by atoms with Crippen molar-refractivity contribution in [2.45, 2.75) is 13.0 Å². The van der Waals surface area contributed by atoms with Crippen molar-refractivity contribution in [3.05, 3.63) is 50.9 Å². The molecule has 4 nitrogen and oxygen atoms in total. The van der Waals surface area contributed by atoms with E-state index < -0.39 is 0 Å². The summed E-state index contributed by atoms with van der Waals surface area (Å²) in [6.07, 6.45) is 4.22. The van der Waals surface area contributed by atoms with Gasteiger partial charge in [-0.1, -0.05) is 0 Å². The van der Waals surface area contributed by atoms with Gasteiger partial charge in [0.2, 0.25) is 0 Å². The van der Waals surface area contributed by atoms with Gasteiger partial charge in [-0.3, -0.25) is 0 Å². The molecule has 0 amide bonds. The Balaban J connectivity index is 2.12. The Morgan fingerprint density at radius 1 is 1.11 bits per heavy atom. The standard InChI is InChI=1S/C13H13Br2N3O/c14-10-6-9(2-3-16)7-11(15)13(10)19-8-12-17-4-1-5-18-12/h1,4-7H,2-3,8,16H2. The molecule has 19 heavy (non-hydrogen) atoms. The van der Waals surface area contributed by atoms with Crippen LogP contribution in [-0.4, -0.2) is 16.5 Å². The van der Waals surface area contributed by atoms with E-state index in [0.29, 0.717) is 19.0 Å². The van der Waals surface area contributed by atoms with E-state index in [2.05, 4.69) is 41.8 Å². The fraction of sp³-hybridized carbons (Fsp3) is 0.231. The fourth-order valence-electron chi connectivity index (χ4n) is 1.60. The average molecular weight is 387 g/mol. The zero-order valence-electron chi connectivity index (χ0n) is 10.1. The lowest BCUT2D eigenvalue weighted by molar-refractivity contribution is 0.292. The van der Waals surface area contributed by atoms with E-state index in [9.17, 15) is 0 Å². The van der Waals surface area contributed by atoms with E-state index in [4.69, 9.17) is 10.5 Å². The number of nitrogens with zero attached hydrogens (tertiary/aromatic N) is 2. The zero-order chi connectivity index (χ0) is 13.7. The molecule has 0 fully saturated rings. The molecule has 6 heteroatoms. The smallest absolute Gasteiger partial charge is 0.166 e. The number of hydrogen-bond donors (Lipinski definition) is 1. The Labute approximate surface area is 128 Å². The third kappa shape index (κ3) is 3.99. The lowest BCUT2D eigenvalue weighted by Gasteiger charge is -2.11. The Kier molecular flexibility index (Phi) is 5.30. The van der Waals surface area contributed by atoms with Crippen LogP contribution in [0.3, 0.4) is 0 Å². The minimum atomic E-state index is 0.328. The summed E-state index contributed by atoms with van der Waals surface area (Å²) in [6, 6.07) is 5.80. The number of ether oxygens (including phenoxy) is 1. The monoisotopic (exact) mass is 385 g/mol. The van der Waals surface area contributed by atoms with Gasteiger partial charge < -0.3 is 10.5 Å². The van der Waals surface area contributed by atoms with Crippen LogP contribution in [0.25, 0.3) is 0 Å². The average Bonchev–Trinajstić information content (AvgIpc) is 2.39. The maximum absolute atomic E-state index is 5.74. The molecule has 0 saturated carbocycles. The van der Waals surface area contributed by atoms with Gasteiger partial charge in [0.25, 0.3) is 0 Å². The van der Waals surface area contributed by atoms with Gasteiger partial charge in [-0.15, -0.1) is 0 Å². The van der Waals surface area contributed by atoms with Gasteiger partial charge >= 0.3 is 0 Å². The number of benzene rings is 1. The first-order chi connectivity index (χ1) is 9.20. The zero-order valence-corrected chi connectivity index (χ0v) is 13.3. The van der Waals surface area contributed by atoms with Crippen LogP contribution < -0.4 is 10.5 Å². The van der Waals surface area contributed by atoms with E-state index in [0.717, 1.165) is 26.7 Å². The van der Waals surface area contributed by atoms with E-state index in [1.54, 1.807) is 18.5 Å². The number of aromatic nitrogens is 2. The van der Waals surface area contributed by atoms with Crippen LogP contribution in [0, 0.1) is 0 Å². The van der Waals surface area contributed by atoms with Gasteiger partial charge in [-0.05, 0) is 68.6 Å². The molecule has 2 N–H and O–H groups in total. The lowest BCUT2D eigenvalue weighted by atomic mass is 10.1. The van der Waals surface area contributed by atoms with E-state index >= 15 is 0 Å². The summed E-state index contributed by atoms with van der Waals surface area (Å²) in [5.41, 5.74) is 6.71. The summed E-state index contributed by atoms with van der Waals surface area (Å²) in [6.45, 7) is 0.950. The van der Waals surface area contributed by atoms with Crippen LogP contribution in [0.4, 0.5) is 0 Å². The van der Waals surface area contributed by atoms with Crippen molar-refractivity contribution in [3.63, 3.8) is 0 Å². The van der Waals surface area contributed by atoms with Crippen LogP contribution >= 0.6 is 31.9 Å². The second-order valence-corrected chi connectivity index (χ2v) is 5.59. The van der Waals surface area contributed by atoms with Crippen molar-refractivity contribution in [3.8, 4) is 5.75 Å². The first kappa shape index (κ1) is 14.4. The Bertz CT molecular complexity index is 526. The molecule has 2 rings (SSSR count). The molecule has 0 spiro atoms. The van der Waals surface area contributed by atoms with Crippen molar-refractivity contribution in [1.29, 1.82) is 0 Å². The molecule has 0 radical (unpaired) electrons. The van der Waals surface area contributed by atoms with Crippen LogP contribution in [0.5, 0.6) is 5.75 Å². The molecule has 0 aliphatic heterocycles. The number of rotatable bonds is 5. The van der Waals surface area contributed by atoms with Crippen LogP contribution in [0.1, 0.15) is 11.4 Å². The molecule has 0 saturated heterocycles. The quantitative estimate of drug-likeness (QED) is 0.857. The van der Waals surface area contributed by atoms with Crippen LogP contribution in [0.2, 0.25) is 0 Å². The van der Waals surface area contributed by atoms with Gasteiger partial charge in [0, 0.05) is 12.4 Å². The van der Waals surface area contributed by atoms with Gasteiger partial charge in [0.1, 0.15) is 12.4 Å². The Hall–Kier alpha value is -0.980. The summed E-state index contributed by atoms with van der Waals surface area (Å²) in [4.78, 5) is 8.23. The van der Waals surface area contributed by atoms with Crippen molar-refractivity contribution >= 4 is 31.9 Å². The summed E-state index contributed by atoms with van der Waals surface area (Å²) in [5.74, 6) is 1.39. The molecule has 2 aromatic rings. The van der Waals surface area contributed by atoms with Gasteiger partial charge in [0.05, 0.1) is 8.95 Å². The van der Waals surface area contributed by atoms with E-state index in [1.165, 1.54) is 0 Å². The third-order valence-electron chi connectivity index (χ3n) is 2.46. The topological polar surface area (TPSA) is 61.0 Å². The molecular formula is C13H13Br2N3O. The molecule has 1 aromatic carbocycles. The van der Waals surface area contributed by atoms with Crippen LogP contribution in [-0.2, 0) is 13.0 Å². The molecule has 0 bridgehead atoms. The van der Waals surface area contributed by atoms with Crippen molar-refractivity contribution in [1.82, 2.24) is 9.97 Å². The van der Waals surface area contributed by atoms with E-state index in [-0.39, 0.29) is 0 Å². The molecule has 0 aliphatic rings. The van der Waals surface area contributed by atoms with Crippen LogP contribution in [0.15, 0.2) is 39.5 Å². The highest BCUT2D eigenvalue weighted by Gasteiger charge is 2.09. The van der Waals surface area contributed by atoms with Gasteiger partial charge in [-0.25, -0.2) is 9.97 Å². The van der Waals surface area contributed by atoms with Gasteiger partial charge in [0.15, 0.2) is 5.82 Å². The first-order valence-electron chi connectivity index (χ1n) is 5.77. The summed E-state index contributed by atoms with van der Waals surface area (Å²) < 4.78 is 7.52. The maximum atomic E-state index is 5.74. The maximum Gasteiger partial charge on any atom is 0.166 e. The second kappa shape index (κ2) is 6.98. The highest BCUT2D eigenvalue weighted by Crippen LogP contribution is 2.35. The first-order valence-corrected chi connectivity index (χ1v) is 7.36. The highest BCUT2D eigenvalue weighted by molar-refractivity contribution is 9.11. The van der Waals surface area contributed by atoms with Crippen molar-refractivity contribution in [2.24, 2.45) is 5.73 Å². The Morgan fingerprint density at radius 3 is 2.32 bits per heavy atom. The number of nitrogens with two attached hydrogens (primary N) is 1. The molecule has 1 aromatic heterocycles. The molecule has 100 valence electrons. The SMILES string of the molecule is NCCc1cc(Br)c(OCc2ncccn2)c(Br)c1. The molecule has 0 unspecified atom stereocenters. The van der Waals surface area contributed by atoms with Gasteiger partial charge in [-0.2, -0.15) is 0 Å². The minimum Gasteiger partial charge on any atom is -0.483 e. The molecule has 0 aliphatic carbocycles. The Morgan fingerprint density at radius 2 is 1.74 bits per heavy atom. The summed E-state index contributed by atoms with van der Waals surface area (Å²) >= 11 is 7.01. The summed E-state index contributed by atoms with van der Waals surface area (Å²) in [5, 5.41) is 0. The fourth-order valence-corrected chi connectivity index (χ4v) is 3.11. The predicted octanol–water partition coefficient (Wildman–Crippen LogP) is 3.08. The largest absolute Gasteiger partial charge is 0.483 e. The highest BCUT2D eigenvalue weighted by atomic mass is 79.9. The summed E-state index contributed by atoms with van der Waals surface area (Å²) in [7, 11) is 0. The van der Waals surface area contributed by atoms with E-state index in [1.807, 2.05) is 12.1 Å². The lowest BCUT2D eigenvalue weighted by Crippen LogP contribution is -2.04. The predicted molar refractivity (Wildman–Crippen MR) is 81.0 cm³/mol. The molecule has 0 atom stereocenters. The number of halogens is 2. The molecule has 1 heterocycles. The van der Waals surface area contributed by atoms with Crippen molar-refractivity contribution in [2.75, 3.05) is 6.54 Å². The number of hydrogen-bond acceptors (Lipinski definition) is 4. The third-order valence-corrected chi connectivity index (χ3v) is 3.63. The normalized spacial score (nSPS) is 10.5. The molecular weight excluding hydrogens is 374 g/mol. The van der Waals surface area contributed by atoms with Crippen molar-refractivity contribution < 1.29 is 4.74 Å². The second-order valence-electron chi connectivity index (χ2n) is 3.88. The minimum absolute atomic E-state index is 0.328.